The number of aromatic nitrogens is 1. The van der Waals surface area contributed by atoms with E-state index in [0.29, 0.717) is 13.1 Å². The summed E-state index contributed by atoms with van der Waals surface area (Å²) in [5.74, 6) is -0.0702. The fraction of sp³-hybridized carbons (Fsp3) is 0.381. The number of benzene rings is 1. The Morgan fingerprint density at radius 1 is 1.18 bits per heavy atom. The van der Waals surface area contributed by atoms with Crippen LogP contribution >= 0.6 is 0 Å². The molecule has 0 radical (unpaired) electrons. The van der Waals surface area contributed by atoms with E-state index in [1.165, 1.54) is 5.69 Å². The number of para-hydroxylation sites is 1. The fourth-order valence-electron chi connectivity index (χ4n) is 3.96. The maximum Gasteiger partial charge on any atom is 0.317 e. The van der Waals surface area contributed by atoms with Crippen LogP contribution in [0.25, 0.3) is 0 Å². The minimum Gasteiger partial charge on any atom is -0.369 e. The first-order valence-electron chi connectivity index (χ1n) is 9.71. The van der Waals surface area contributed by atoms with Gasteiger partial charge < -0.3 is 20.4 Å². The standard InChI is InChI=1S/C21H25N5O2/c1-15-14-22-8-7-19(15)25-9-4-10-26(12-11-25)21(28)24-18-13-20(27)23-17-6-3-2-5-16(17)18/h2-3,5-8,14,18H,4,9-13H2,1H3,(H,23,27)(H,24,28). The van der Waals surface area contributed by atoms with E-state index >= 15 is 0 Å². The van der Waals surface area contributed by atoms with Crippen LogP contribution in [0.3, 0.4) is 0 Å². The molecule has 1 aromatic heterocycles. The molecule has 0 aliphatic carbocycles. The monoisotopic (exact) mass is 379 g/mol. The number of nitrogens with one attached hydrogen (secondary N) is 2. The topological polar surface area (TPSA) is 77.6 Å². The van der Waals surface area contributed by atoms with Gasteiger partial charge in [0.05, 0.1) is 12.5 Å². The molecular weight excluding hydrogens is 354 g/mol. The summed E-state index contributed by atoms with van der Waals surface area (Å²) in [4.78, 5) is 33.2. The summed E-state index contributed by atoms with van der Waals surface area (Å²) < 4.78 is 0. The summed E-state index contributed by atoms with van der Waals surface area (Å²) in [7, 11) is 0. The van der Waals surface area contributed by atoms with Crippen LogP contribution < -0.4 is 15.5 Å². The van der Waals surface area contributed by atoms with E-state index in [1.807, 2.05) is 47.6 Å². The number of aryl methyl sites for hydroxylation is 1. The molecule has 2 N–H and O–H groups in total. The number of hydrogen-bond donors (Lipinski definition) is 2. The zero-order valence-corrected chi connectivity index (χ0v) is 16.0. The van der Waals surface area contributed by atoms with Crippen molar-refractivity contribution in [2.24, 2.45) is 0 Å². The molecule has 28 heavy (non-hydrogen) atoms. The van der Waals surface area contributed by atoms with Gasteiger partial charge >= 0.3 is 6.03 Å². The van der Waals surface area contributed by atoms with Crippen molar-refractivity contribution in [3.05, 3.63) is 53.9 Å². The number of anilines is 2. The number of fused-ring (bicyclic) bond motifs is 1. The van der Waals surface area contributed by atoms with Crippen LogP contribution in [0, 0.1) is 6.92 Å². The molecule has 1 atom stereocenters. The van der Waals surface area contributed by atoms with E-state index in [1.54, 1.807) is 0 Å². The van der Waals surface area contributed by atoms with Crippen molar-refractivity contribution in [1.82, 2.24) is 15.2 Å². The number of pyridine rings is 1. The summed E-state index contributed by atoms with van der Waals surface area (Å²) in [5, 5.41) is 5.93. The van der Waals surface area contributed by atoms with Crippen molar-refractivity contribution < 1.29 is 9.59 Å². The Bertz CT molecular complexity index is 885. The first-order chi connectivity index (χ1) is 13.6. The Morgan fingerprint density at radius 2 is 2.04 bits per heavy atom. The van der Waals surface area contributed by atoms with Gasteiger partial charge in [0.2, 0.25) is 5.91 Å². The van der Waals surface area contributed by atoms with Gasteiger partial charge in [0.1, 0.15) is 0 Å². The number of carbonyl (C=O) groups excluding carboxylic acids is 2. The molecule has 1 unspecified atom stereocenters. The SMILES string of the molecule is Cc1cnccc1N1CCCN(C(=O)NC2CC(=O)Nc3ccccc32)CC1. The Labute approximate surface area is 164 Å². The number of nitrogens with zero attached hydrogens (tertiary/aromatic N) is 3. The lowest BCUT2D eigenvalue weighted by Crippen LogP contribution is -2.45. The number of hydrogen-bond acceptors (Lipinski definition) is 4. The number of rotatable bonds is 2. The molecule has 0 bridgehead atoms. The average molecular weight is 379 g/mol. The molecule has 0 saturated carbocycles. The third-order valence-electron chi connectivity index (χ3n) is 5.41. The Kier molecular flexibility index (Phi) is 5.14. The minimum atomic E-state index is -0.292. The van der Waals surface area contributed by atoms with Crippen molar-refractivity contribution >= 4 is 23.3 Å². The smallest absolute Gasteiger partial charge is 0.317 e. The van der Waals surface area contributed by atoms with Crippen LogP contribution in [0.1, 0.15) is 30.0 Å². The summed E-state index contributed by atoms with van der Waals surface area (Å²) >= 11 is 0. The van der Waals surface area contributed by atoms with Gasteiger partial charge in [0.25, 0.3) is 0 Å². The molecule has 3 heterocycles. The Balaban J connectivity index is 1.42. The molecule has 1 fully saturated rings. The lowest BCUT2D eigenvalue weighted by molar-refractivity contribution is -0.116. The Morgan fingerprint density at radius 3 is 2.89 bits per heavy atom. The highest BCUT2D eigenvalue weighted by atomic mass is 16.2. The van der Waals surface area contributed by atoms with E-state index in [2.05, 4.69) is 27.4 Å². The number of carbonyl (C=O) groups is 2. The molecule has 7 heteroatoms. The van der Waals surface area contributed by atoms with Gasteiger partial charge in [-0.15, -0.1) is 0 Å². The fourth-order valence-corrected chi connectivity index (χ4v) is 3.96. The first kappa shape index (κ1) is 18.3. The van der Waals surface area contributed by atoms with E-state index in [9.17, 15) is 9.59 Å². The van der Waals surface area contributed by atoms with Gasteiger partial charge in [-0.2, -0.15) is 0 Å². The van der Waals surface area contributed by atoms with Crippen LogP contribution in [0.15, 0.2) is 42.7 Å². The molecule has 2 aliphatic rings. The van der Waals surface area contributed by atoms with Crippen LogP contribution in [0.5, 0.6) is 0 Å². The molecular formula is C21H25N5O2. The second kappa shape index (κ2) is 7.88. The van der Waals surface area contributed by atoms with Crippen LogP contribution in [0.4, 0.5) is 16.2 Å². The molecule has 0 spiro atoms. The van der Waals surface area contributed by atoms with Gasteiger partial charge in [0.15, 0.2) is 0 Å². The van der Waals surface area contributed by atoms with Crippen molar-refractivity contribution in [2.45, 2.75) is 25.8 Å². The zero-order chi connectivity index (χ0) is 19.5. The molecule has 4 rings (SSSR count). The maximum absolute atomic E-state index is 12.9. The quantitative estimate of drug-likeness (QED) is 0.841. The van der Waals surface area contributed by atoms with Crippen LogP contribution in [0.2, 0.25) is 0 Å². The first-order valence-corrected chi connectivity index (χ1v) is 9.71. The molecule has 2 aromatic rings. The predicted octanol–water partition coefficient (Wildman–Crippen LogP) is 2.70. The minimum absolute atomic E-state index is 0.0702. The molecule has 2 aliphatic heterocycles. The van der Waals surface area contributed by atoms with E-state index in [4.69, 9.17) is 0 Å². The summed E-state index contributed by atoms with van der Waals surface area (Å²) in [6, 6.07) is 9.26. The third-order valence-corrected chi connectivity index (χ3v) is 5.41. The van der Waals surface area contributed by atoms with Crippen molar-refractivity contribution in [3.63, 3.8) is 0 Å². The normalized spacial score (nSPS) is 19.5. The summed E-state index contributed by atoms with van der Waals surface area (Å²) in [6.45, 7) is 5.09. The molecule has 1 saturated heterocycles. The highest BCUT2D eigenvalue weighted by molar-refractivity contribution is 5.95. The molecule has 7 nitrogen and oxygen atoms in total. The van der Waals surface area contributed by atoms with Gasteiger partial charge in [-0.25, -0.2) is 4.79 Å². The molecule has 1 aromatic carbocycles. The van der Waals surface area contributed by atoms with Crippen molar-refractivity contribution in [3.8, 4) is 0 Å². The number of amides is 3. The van der Waals surface area contributed by atoms with Crippen LogP contribution in [-0.2, 0) is 4.79 Å². The van der Waals surface area contributed by atoms with Gasteiger partial charge in [-0.3, -0.25) is 9.78 Å². The summed E-state index contributed by atoms with van der Waals surface area (Å²) in [5.41, 5.74) is 4.05. The van der Waals surface area contributed by atoms with Gasteiger partial charge in [0, 0.05) is 49.9 Å². The number of urea groups is 1. The summed E-state index contributed by atoms with van der Waals surface area (Å²) in [6.07, 6.45) is 4.84. The third kappa shape index (κ3) is 3.78. The average Bonchev–Trinajstić information content (AvgIpc) is 2.94. The van der Waals surface area contributed by atoms with Gasteiger partial charge in [-0.1, -0.05) is 18.2 Å². The lowest BCUT2D eigenvalue weighted by Gasteiger charge is -2.29. The Hall–Kier alpha value is -3.09. The molecule has 146 valence electrons. The van der Waals surface area contributed by atoms with Crippen molar-refractivity contribution in [1.29, 1.82) is 0 Å². The zero-order valence-electron chi connectivity index (χ0n) is 16.0. The second-order valence-corrected chi connectivity index (χ2v) is 7.33. The van der Waals surface area contributed by atoms with E-state index < -0.39 is 0 Å². The van der Waals surface area contributed by atoms with E-state index in [-0.39, 0.29) is 24.4 Å². The van der Waals surface area contributed by atoms with Crippen LogP contribution in [-0.4, -0.2) is 48.0 Å². The predicted molar refractivity (Wildman–Crippen MR) is 108 cm³/mol. The highest BCUT2D eigenvalue weighted by Crippen LogP contribution is 2.30. The van der Waals surface area contributed by atoms with Crippen molar-refractivity contribution in [2.75, 3.05) is 36.4 Å². The van der Waals surface area contributed by atoms with Gasteiger partial charge in [-0.05, 0) is 36.6 Å². The molecule has 3 amide bonds. The largest absolute Gasteiger partial charge is 0.369 e. The van der Waals surface area contributed by atoms with E-state index in [0.717, 1.165) is 36.3 Å². The maximum atomic E-state index is 12.9. The highest BCUT2D eigenvalue weighted by Gasteiger charge is 2.28. The lowest BCUT2D eigenvalue weighted by atomic mass is 9.97. The second-order valence-electron chi connectivity index (χ2n) is 7.33.